The van der Waals surface area contributed by atoms with Crippen molar-refractivity contribution in [2.24, 2.45) is 0 Å². The molecule has 5 nitrogen and oxygen atoms in total. The number of anilines is 1. The zero-order valence-corrected chi connectivity index (χ0v) is 13.1. The Morgan fingerprint density at radius 1 is 1.13 bits per heavy atom. The maximum Gasteiger partial charge on any atom is 0.269 e. The van der Waals surface area contributed by atoms with Crippen molar-refractivity contribution >= 4 is 17.3 Å². The summed E-state index contributed by atoms with van der Waals surface area (Å²) in [4.78, 5) is 23.1. The summed E-state index contributed by atoms with van der Waals surface area (Å²) in [6.07, 6.45) is 1.53. The van der Waals surface area contributed by atoms with Crippen LogP contribution < -0.4 is 5.32 Å². The van der Waals surface area contributed by atoms with Crippen LogP contribution in [0.3, 0.4) is 0 Å². The van der Waals surface area contributed by atoms with E-state index in [1.165, 1.54) is 12.1 Å². The Balaban J connectivity index is 1.84. The summed E-state index contributed by atoms with van der Waals surface area (Å²) in [5, 5.41) is 13.8. The highest BCUT2D eigenvalue weighted by atomic mass is 16.6. The average Bonchev–Trinajstić information content (AvgIpc) is 3.34. The molecule has 1 N–H and O–H groups in total. The van der Waals surface area contributed by atoms with Gasteiger partial charge in [-0.3, -0.25) is 14.9 Å². The molecule has 1 fully saturated rings. The van der Waals surface area contributed by atoms with Crippen LogP contribution in [-0.2, 0) is 10.2 Å². The van der Waals surface area contributed by atoms with E-state index in [2.05, 4.69) is 5.32 Å². The van der Waals surface area contributed by atoms with Gasteiger partial charge in [0.2, 0.25) is 5.91 Å². The van der Waals surface area contributed by atoms with Crippen LogP contribution in [0.25, 0.3) is 0 Å². The Bertz CT molecular complexity index is 777. The first-order chi connectivity index (χ1) is 10.9. The van der Waals surface area contributed by atoms with E-state index in [1.807, 2.05) is 32.0 Å². The number of nitrogens with one attached hydrogen (secondary N) is 1. The third-order valence-electron chi connectivity index (χ3n) is 4.67. The monoisotopic (exact) mass is 310 g/mol. The highest BCUT2D eigenvalue weighted by Crippen LogP contribution is 2.49. The quantitative estimate of drug-likeness (QED) is 0.688. The molecule has 3 rings (SSSR count). The molecule has 1 aliphatic rings. The van der Waals surface area contributed by atoms with E-state index in [9.17, 15) is 14.9 Å². The van der Waals surface area contributed by atoms with Crippen LogP contribution in [0.1, 0.15) is 29.5 Å². The van der Waals surface area contributed by atoms with Crippen LogP contribution in [0, 0.1) is 24.0 Å². The van der Waals surface area contributed by atoms with Crippen molar-refractivity contribution in [3.63, 3.8) is 0 Å². The molecule has 0 atom stereocenters. The van der Waals surface area contributed by atoms with Crippen molar-refractivity contribution in [2.45, 2.75) is 32.1 Å². The van der Waals surface area contributed by atoms with Gasteiger partial charge in [0.15, 0.2) is 0 Å². The topological polar surface area (TPSA) is 72.2 Å². The molecule has 1 amide bonds. The van der Waals surface area contributed by atoms with E-state index in [-0.39, 0.29) is 11.6 Å². The maximum atomic E-state index is 12.7. The highest BCUT2D eigenvalue weighted by Gasteiger charge is 2.51. The predicted octanol–water partition coefficient (Wildman–Crippen LogP) is 3.88. The Morgan fingerprint density at radius 2 is 1.78 bits per heavy atom. The largest absolute Gasteiger partial charge is 0.325 e. The Morgan fingerprint density at radius 3 is 2.35 bits per heavy atom. The number of benzene rings is 2. The van der Waals surface area contributed by atoms with E-state index < -0.39 is 10.3 Å². The van der Waals surface area contributed by atoms with Gasteiger partial charge in [-0.05, 0) is 49.4 Å². The normalized spacial score (nSPS) is 15.0. The fourth-order valence-corrected chi connectivity index (χ4v) is 2.80. The molecule has 0 bridgehead atoms. The molecule has 0 saturated heterocycles. The summed E-state index contributed by atoms with van der Waals surface area (Å²) in [6.45, 7) is 3.99. The molecule has 1 aliphatic carbocycles. The van der Waals surface area contributed by atoms with Gasteiger partial charge < -0.3 is 5.32 Å². The zero-order valence-electron chi connectivity index (χ0n) is 13.1. The lowest BCUT2D eigenvalue weighted by Crippen LogP contribution is -2.28. The molecule has 118 valence electrons. The molecule has 0 aromatic heterocycles. The van der Waals surface area contributed by atoms with Crippen molar-refractivity contribution in [1.29, 1.82) is 0 Å². The molecule has 0 radical (unpaired) electrons. The van der Waals surface area contributed by atoms with Gasteiger partial charge >= 0.3 is 0 Å². The highest BCUT2D eigenvalue weighted by molar-refractivity contribution is 6.02. The molecular weight excluding hydrogens is 292 g/mol. The van der Waals surface area contributed by atoms with Crippen LogP contribution >= 0.6 is 0 Å². The smallest absolute Gasteiger partial charge is 0.269 e. The lowest BCUT2D eigenvalue weighted by Gasteiger charge is -2.17. The molecule has 1 saturated carbocycles. The van der Waals surface area contributed by atoms with Crippen LogP contribution in [0.4, 0.5) is 11.4 Å². The number of nitro benzene ring substituents is 1. The van der Waals surface area contributed by atoms with E-state index in [4.69, 9.17) is 0 Å². The maximum absolute atomic E-state index is 12.7. The number of nitro groups is 1. The van der Waals surface area contributed by atoms with Crippen LogP contribution in [-0.4, -0.2) is 10.8 Å². The van der Waals surface area contributed by atoms with Crippen LogP contribution in [0.2, 0.25) is 0 Å². The zero-order chi connectivity index (χ0) is 16.6. The van der Waals surface area contributed by atoms with Gasteiger partial charge in [0.25, 0.3) is 5.69 Å². The lowest BCUT2D eigenvalue weighted by atomic mass is 9.94. The molecule has 2 aromatic carbocycles. The summed E-state index contributed by atoms with van der Waals surface area (Å²) in [6, 6.07) is 12.1. The minimum Gasteiger partial charge on any atom is -0.325 e. The van der Waals surface area contributed by atoms with Crippen molar-refractivity contribution in [2.75, 3.05) is 5.32 Å². The van der Waals surface area contributed by atoms with Crippen LogP contribution in [0.5, 0.6) is 0 Å². The molecular formula is C18H18N2O3. The van der Waals surface area contributed by atoms with Crippen LogP contribution in [0.15, 0.2) is 42.5 Å². The number of aryl methyl sites for hydroxylation is 1. The Kier molecular flexibility index (Phi) is 3.64. The van der Waals surface area contributed by atoms with Gasteiger partial charge in [-0.2, -0.15) is 0 Å². The number of nitrogens with zero attached hydrogens (tertiary/aromatic N) is 1. The molecule has 2 aromatic rings. The van der Waals surface area contributed by atoms with Crippen molar-refractivity contribution in [3.05, 3.63) is 69.3 Å². The summed E-state index contributed by atoms with van der Waals surface area (Å²) in [5.74, 6) is -0.0416. The van der Waals surface area contributed by atoms with Crippen molar-refractivity contribution in [1.82, 2.24) is 0 Å². The van der Waals surface area contributed by atoms with Gasteiger partial charge in [-0.1, -0.05) is 24.3 Å². The minimum atomic E-state index is -0.550. The first kappa shape index (κ1) is 15.2. The van der Waals surface area contributed by atoms with Gasteiger partial charge in [-0.25, -0.2) is 0 Å². The number of non-ortho nitro benzene ring substituents is 1. The Hall–Kier alpha value is -2.69. The lowest BCUT2D eigenvalue weighted by molar-refractivity contribution is -0.384. The molecule has 5 heteroatoms. The van der Waals surface area contributed by atoms with E-state index in [1.54, 1.807) is 12.1 Å². The average molecular weight is 310 g/mol. The standard InChI is InChI=1S/C18H18N2O3/c1-12-4-3-5-16(13(12)2)19-17(21)18(10-11-18)14-6-8-15(9-7-14)20(22)23/h3-9H,10-11H2,1-2H3,(H,19,21). The SMILES string of the molecule is Cc1cccc(NC(=O)C2(c3ccc([N+](=O)[O-])cc3)CC2)c1C. The van der Waals surface area contributed by atoms with Gasteiger partial charge in [0, 0.05) is 17.8 Å². The van der Waals surface area contributed by atoms with Gasteiger partial charge in [-0.15, -0.1) is 0 Å². The number of carbonyl (C=O) groups is 1. The summed E-state index contributed by atoms with van der Waals surface area (Å²) < 4.78 is 0. The predicted molar refractivity (Wildman–Crippen MR) is 88.6 cm³/mol. The Labute approximate surface area is 134 Å². The van der Waals surface area contributed by atoms with Crippen molar-refractivity contribution in [3.8, 4) is 0 Å². The number of hydrogen-bond acceptors (Lipinski definition) is 3. The molecule has 23 heavy (non-hydrogen) atoms. The summed E-state index contributed by atoms with van der Waals surface area (Å²) >= 11 is 0. The second-order valence-corrected chi connectivity index (χ2v) is 6.09. The van der Waals surface area contributed by atoms with Gasteiger partial charge in [0.1, 0.15) is 0 Å². The molecule has 0 heterocycles. The number of rotatable bonds is 4. The molecule has 0 aliphatic heterocycles. The first-order valence-corrected chi connectivity index (χ1v) is 7.57. The second-order valence-electron chi connectivity index (χ2n) is 6.09. The third-order valence-corrected chi connectivity index (χ3v) is 4.67. The first-order valence-electron chi connectivity index (χ1n) is 7.57. The summed E-state index contributed by atoms with van der Waals surface area (Å²) in [7, 11) is 0. The molecule has 0 spiro atoms. The van der Waals surface area contributed by atoms with Crippen molar-refractivity contribution < 1.29 is 9.72 Å². The minimum absolute atomic E-state index is 0.0412. The van der Waals surface area contributed by atoms with Gasteiger partial charge in [0.05, 0.1) is 10.3 Å². The fourth-order valence-electron chi connectivity index (χ4n) is 2.80. The number of carbonyl (C=O) groups excluding carboxylic acids is 1. The second kappa shape index (κ2) is 5.50. The number of hydrogen-bond donors (Lipinski definition) is 1. The molecule has 0 unspecified atom stereocenters. The fraction of sp³-hybridized carbons (Fsp3) is 0.278. The summed E-state index contributed by atoms with van der Waals surface area (Å²) in [5.41, 5.74) is 3.34. The number of amides is 1. The van der Waals surface area contributed by atoms with E-state index in [0.29, 0.717) is 0 Å². The van der Waals surface area contributed by atoms with E-state index in [0.717, 1.165) is 35.2 Å². The third kappa shape index (κ3) is 2.70. The van der Waals surface area contributed by atoms with E-state index >= 15 is 0 Å².